The van der Waals surface area contributed by atoms with E-state index in [0.29, 0.717) is 5.92 Å². The molecular weight excluding hydrogens is 198 g/mol. The van der Waals surface area contributed by atoms with Gasteiger partial charge in [-0.15, -0.1) is 6.58 Å². The van der Waals surface area contributed by atoms with Crippen LogP contribution in [0.2, 0.25) is 0 Å². The van der Waals surface area contributed by atoms with Gasteiger partial charge in [-0.3, -0.25) is 0 Å². The van der Waals surface area contributed by atoms with E-state index < -0.39 is 0 Å². The largest absolute Gasteiger partial charge is 0.331 e. The highest BCUT2D eigenvalue weighted by molar-refractivity contribution is 5.04. The molecule has 16 heavy (non-hydrogen) atoms. The van der Waals surface area contributed by atoms with Gasteiger partial charge in [0, 0.05) is 19.3 Å². The van der Waals surface area contributed by atoms with E-state index in [4.69, 9.17) is 0 Å². The zero-order valence-corrected chi connectivity index (χ0v) is 10.7. The average molecular weight is 221 g/mol. The van der Waals surface area contributed by atoms with Crippen molar-refractivity contribution in [2.45, 2.75) is 40.3 Å². The molecule has 0 unspecified atom stereocenters. The highest BCUT2D eigenvalue weighted by Gasteiger charge is 2.05. The molecular formula is C13H23N3. The van der Waals surface area contributed by atoms with Crippen LogP contribution < -0.4 is 5.32 Å². The molecule has 0 saturated heterocycles. The third kappa shape index (κ3) is 3.81. The molecule has 3 nitrogen and oxygen atoms in total. The summed E-state index contributed by atoms with van der Waals surface area (Å²) >= 11 is 0. The molecule has 0 aliphatic rings. The van der Waals surface area contributed by atoms with E-state index in [9.17, 15) is 0 Å². The Balaban J connectivity index is 2.54. The topological polar surface area (TPSA) is 29.9 Å². The Labute approximate surface area is 98.6 Å². The lowest BCUT2D eigenvalue weighted by Crippen LogP contribution is -2.21. The van der Waals surface area contributed by atoms with Crippen molar-refractivity contribution >= 4 is 0 Å². The number of allylic oxidation sites excluding steroid dienone is 1. The minimum Gasteiger partial charge on any atom is -0.331 e. The molecule has 0 aromatic carbocycles. The van der Waals surface area contributed by atoms with Crippen molar-refractivity contribution < 1.29 is 0 Å². The quantitative estimate of drug-likeness (QED) is 0.717. The number of nitrogens with one attached hydrogen (secondary N) is 1. The van der Waals surface area contributed by atoms with Gasteiger partial charge >= 0.3 is 0 Å². The number of imidazole rings is 1. The Morgan fingerprint density at radius 1 is 1.56 bits per heavy atom. The minimum atomic E-state index is 0.686. The first-order valence-electron chi connectivity index (χ1n) is 5.97. The van der Waals surface area contributed by atoms with Gasteiger partial charge in [0.2, 0.25) is 0 Å². The lowest BCUT2D eigenvalue weighted by Gasteiger charge is -2.11. The van der Waals surface area contributed by atoms with Crippen LogP contribution in [0.15, 0.2) is 18.9 Å². The monoisotopic (exact) mass is 221 g/mol. The van der Waals surface area contributed by atoms with Crippen LogP contribution in [0.1, 0.15) is 31.8 Å². The third-order valence-electron chi connectivity index (χ3n) is 2.55. The number of rotatable bonds is 7. The molecule has 1 aromatic rings. The van der Waals surface area contributed by atoms with E-state index in [2.05, 4.69) is 42.2 Å². The van der Waals surface area contributed by atoms with Crippen LogP contribution >= 0.6 is 0 Å². The summed E-state index contributed by atoms with van der Waals surface area (Å²) in [5, 5.41) is 3.44. The smallest absolute Gasteiger partial charge is 0.105 e. The summed E-state index contributed by atoms with van der Waals surface area (Å²) < 4.78 is 2.26. The summed E-state index contributed by atoms with van der Waals surface area (Å²) in [6, 6.07) is 0. The van der Waals surface area contributed by atoms with Gasteiger partial charge in [0.05, 0.1) is 5.69 Å². The predicted molar refractivity (Wildman–Crippen MR) is 68.3 cm³/mol. The molecule has 1 rings (SSSR count). The summed E-state index contributed by atoms with van der Waals surface area (Å²) in [5.74, 6) is 1.77. The fraction of sp³-hybridized carbons (Fsp3) is 0.615. The van der Waals surface area contributed by atoms with Crippen molar-refractivity contribution in [1.82, 2.24) is 14.9 Å². The van der Waals surface area contributed by atoms with Gasteiger partial charge in [0.25, 0.3) is 0 Å². The van der Waals surface area contributed by atoms with Gasteiger partial charge < -0.3 is 9.88 Å². The van der Waals surface area contributed by atoms with Gasteiger partial charge in [-0.1, -0.05) is 19.9 Å². The van der Waals surface area contributed by atoms with Gasteiger partial charge in [0.15, 0.2) is 0 Å². The Morgan fingerprint density at radius 2 is 2.31 bits per heavy atom. The van der Waals surface area contributed by atoms with E-state index in [1.165, 1.54) is 5.69 Å². The molecule has 0 aliphatic carbocycles. The van der Waals surface area contributed by atoms with E-state index in [-0.39, 0.29) is 0 Å². The van der Waals surface area contributed by atoms with Crippen LogP contribution in [0, 0.1) is 12.8 Å². The highest BCUT2D eigenvalue weighted by atomic mass is 15.1. The zero-order chi connectivity index (χ0) is 12.0. The lowest BCUT2D eigenvalue weighted by molar-refractivity contribution is 0.532. The first kappa shape index (κ1) is 13.0. The van der Waals surface area contributed by atoms with Gasteiger partial charge in [-0.2, -0.15) is 0 Å². The molecule has 3 heteroatoms. The van der Waals surface area contributed by atoms with Crippen LogP contribution in [-0.4, -0.2) is 16.1 Å². The third-order valence-corrected chi connectivity index (χ3v) is 2.55. The summed E-state index contributed by atoms with van der Waals surface area (Å²) in [6.07, 6.45) is 4.91. The standard InChI is InChI=1S/C13H23N3/c1-5-6-7-16-12(4)15-10-13(16)9-14-8-11(2)3/h5,10-11,14H,1,6-9H2,2-4H3. The van der Waals surface area contributed by atoms with Crippen molar-refractivity contribution in [3.63, 3.8) is 0 Å². The van der Waals surface area contributed by atoms with E-state index in [1.807, 2.05) is 12.3 Å². The summed E-state index contributed by atoms with van der Waals surface area (Å²) in [5.41, 5.74) is 1.26. The molecule has 1 aromatic heterocycles. The van der Waals surface area contributed by atoms with Gasteiger partial charge in [-0.25, -0.2) is 4.98 Å². The molecule has 0 spiro atoms. The Hall–Kier alpha value is -1.09. The van der Waals surface area contributed by atoms with Crippen molar-refractivity contribution in [3.8, 4) is 0 Å². The Kier molecular flexibility index (Phi) is 5.26. The van der Waals surface area contributed by atoms with Crippen LogP contribution in [0.4, 0.5) is 0 Å². The number of nitrogens with zero attached hydrogens (tertiary/aromatic N) is 2. The summed E-state index contributed by atoms with van der Waals surface area (Å²) in [7, 11) is 0. The molecule has 0 atom stereocenters. The van der Waals surface area contributed by atoms with Crippen LogP contribution in [0.25, 0.3) is 0 Å². The fourth-order valence-corrected chi connectivity index (χ4v) is 1.67. The minimum absolute atomic E-state index is 0.686. The number of hydrogen-bond donors (Lipinski definition) is 1. The van der Waals surface area contributed by atoms with Crippen LogP contribution in [0.5, 0.6) is 0 Å². The maximum atomic E-state index is 4.36. The van der Waals surface area contributed by atoms with Gasteiger partial charge in [-0.05, 0) is 25.8 Å². The molecule has 0 radical (unpaired) electrons. The van der Waals surface area contributed by atoms with E-state index in [0.717, 1.165) is 31.9 Å². The highest BCUT2D eigenvalue weighted by Crippen LogP contribution is 2.06. The number of aryl methyl sites for hydroxylation is 1. The summed E-state index contributed by atoms with van der Waals surface area (Å²) in [4.78, 5) is 4.36. The first-order chi connectivity index (χ1) is 7.65. The Bertz CT molecular complexity index is 326. The van der Waals surface area contributed by atoms with Crippen molar-refractivity contribution in [1.29, 1.82) is 0 Å². The number of aromatic nitrogens is 2. The molecule has 1 heterocycles. The molecule has 0 fully saturated rings. The summed E-state index contributed by atoms with van der Waals surface area (Å²) in [6.45, 7) is 13.2. The molecule has 1 N–H and O–H groups in total. The van der Waals surface area contributed by atoms with Gasteiger partial charge in [0.1, 0.15) is 5.82 Å². The van der Waals surface area contributed by atoms with Crippen LogP contribution in [0.3, 0.4) is 0 Å². The molecule has 0 saturated carbocycles. The van der Waals surface area contributed by atoms with Crippen molar-refractivity contribution in [2.75, 3.05) is 6.54 Å². The predicted octanol–water partition coefficient (Wildman–Crippen LogP) is 2.51. The average Bonchev–Trinajstić information content (AvgIpc) is 2.57. The second-order valence-corrected chi connectivity index (χ2v) is 4.55. The molecule has 0 amide bonds. The van der Waals surface area contributed by atoms with E-state index >= 15 is 0 Å². The maximum absolute atomic E-state index is 4.36. The SMILES string of the molecule is C=CCCn1c(CNCC(C)C)cnc1C. The second-order valence-electron chi connectivity index (χ2n) is 4.55. The van der Waals surface area contributed by atoms with E-state index in [1.54, 1.807) is 0 Å². The number of hydrogen-bond acceptors (Lipinski definition) is 2. The zero-order valence-electron chi connectivity index (χ0n) is 10.7. The maximum Gasteiger partial charge on any atom is 0.105 e. The molecule has 0 bridgehead atoms. The molecule has 0 aliphatic heterocycles. The van der Waals surface area contributed by atoms with Crippen molar-refractivity contribution in [2.24, 2.45) is 5.92 Å². The second kappa shape index (κ2) is 6.48. The normalized spacial score (nSPS) is 11.0. The lowest BCUT2D eigenvalue weighted by atomic mass is 10.2. The first-order valence-corrected chi connectivity index (χ1v) is 5.97. The Morgan fingerprint density at radius 3 is 2.94 bits per heavy atom. The fourth-order valence-electron chi connectivity index (χ4n) is 1.67. The van der Waals surface area contributed by atoms with Crippen molar-refractivity contribution in [3.05, 3.63) is 30.4 Å². The molecule has 90 valence electrons. The van der Waals surface area contributed by atoms with Crippen LogP contribution in [-0.2, 0) is 13.1 Å².